The molecule has 0 aromatic heterocycles. The van der Waals surface area contributed by atoms with E-state index in [1.165, 1.54) is 0 Å². The third kappa shape index (κ3) is 5.49. The molecule has 0 spiro atoms. The van der Waals surface area contributed by atoms with E-state index < -0.39 is 0 Å². The fourth-order valence-corrected chi connectivity index (χ4v) is 4.67. The van der Waals surface area contributed by atoms with E-state index in [0.29, 0.717) is 19.4 Å². The molecule has 6 heteroatoms. The number of amides is 1. The number of esters is 1. The number of fused-ring (bicyclic) bond motifs is 3. The van der Waals surface area contributed by atoms with E-state index >= 15 is 0 Å². The summed E-state index contributed by atoms with van der Waals surface area (Å²) >= 11 is 0. The Balaban J connectivity index is 1.48. The van der Waals surface area contributed by atoms with Crippen molar-refractivity contribution in [3.63, 3.8) is 0 Å². The second kappa shape index (κ2) is 10.2. The first kappa shape index (κ1) is 22.3. The summed E-state index contributed by atoms with van der Waals surface area (Å²) in [6.45, 7) is 5.21. The van der Waals surface area contributed by atoms with Crippen molar-refractivity contribution in [1.82, 2.24) is 4.90 Å². The summed E-state index contributed by atoms with van der Waals surface area (Å²) in [6.07, 6.45) is 4.14. The summed E-state index contributed by atoms with van der Waals surface area (Å²) in [7, 11) is 0. The molecular weight excluding hydrogens is 404 g/mol. The summed E-state index contributed by atoms with van der Waals surface area (Å²) in [6, 6.07) is 16.1. The maximum atomic E-state index is 12.9. The molecular formula is C26H32N2O4. The number of anilines is 1. The number of hydrogen-bond donors (Lipinski definition) is 1. The van der Waals surface area contributed by atoms with Gasteiger partial charge in [-0.2, -0.15) is 0 Å². The first-order valence-corrected chi connectivity index (χ1v) is 11.6. The Hall–Kier alpha value is -2.86. The minimum Gasteiger partial charge on any atom is -0.466 e. The van der Waals surface area contributed by atoms with Crippen LogP contribution in [0, 0.1) is 0 Å². The minimum atomic E-state index is -0.388. The summed E-state index contributed by atoms with van der Waals surface area (Å²) in [5.74, 6) is -0.173. The van der Waals surface area contributed by atoms with Crippen molar-refractivity contribution in [3.8, 4) is 11.1 Å². The second-order valence-electron chi connectivity index (χ2n) is 8.69. The molecule has 1 N–H and O–H groups in total. The van der Waals surface area contributed by atoms with Gasteiger partial charge in [0.25, 0.3) is 0 Å². The minimum absolute atomic E-state index is 0.173. The van der Waals surface area contributed by atoms with Gasteiger partial charge in [0.15, 0.2) is 0 Å². The van der Waals surface area contributed by atoms with Gasteiger partial charge in [0.2, 0.25) is 0 Å². The average Bonchev–Trinajstić information content (AvgIpc) is 2.81. The molecule has 2 aromatic rings. The lowest BCUT2D eigenvalue weighted by Gasteiger charge is -2.47. The number of nitrogens with zero attached hydrogens (tertiary/aromatic N) is 1. The molecule has 2 aromatic carbocycles. The van der Waals surface area contributed by atoms with Gasteiger partial charge < -0.3 is 14.4 Å². The number of carbonyl (C=O) groups is 2. The van der Waals surface area contributed by atoms with E-state index in [9.17, 15) is 9.59 Å². The van der Waals surface area contributed by atoms with E-state index in [4.69, 9.17) is 9.47 Å². The topological polar surface area (TPSA) is 67.9 Å². The lowest BCUT2D eigenvalue weighted by Crippen LogP contribution is -2.54. The Morgan fingerprint density at radius 2 is 1.75 bits per heavy atom. The number of ether oxygens (including phenoxy) is 2. The van der Waals surface area contributed by atoms with E-state index in [0.717, 1.165) is 67.7 Å². The molecule has 0 saturated carbocycles. The number of piperidine rings is 3. The Morgan fingerprint density at radius 3 is 2.44 bits per heavy atom. The molecule has 0 unspecified atom stereocenters. The number of nitrogens with one attached hydrogen (secondary N) is 1. The van der Waals surface area contributed by atoms with Gasteiger partial charge in [0.1, 0.15) is 5.60 Å². The van der Waals surface area contributed by atoms with Crippen LogP contribution in [0.1, 0.15) is 44.6 Å². The van der Waals surface area contributed by atoms with Gasteiger partial charge in [-0.25, -0.2) is 4.79 Å². The van der Waals surface area contributed by atoms with Crippen molar-refractivity contribution in [1.29, 1.82) is 0 Å². The number of hydrogen-bond acceptors (Lipinski definition) is 5. The van der Waals surface area contributed by atoms with Crippen LogP contribution in [0.15, 0.2) is 48.5 Å². The highest BCUT2D eigenvalue weighted by Gasteiger charge is 2.42. The van der Waals surface area contributed by atoms with Crippen LogP contribution in [0.5, 0.6) is 0 Å². The highest BCUT2D eigenvalue weighted by atomic mass is 16.6. The zero-order valence-corrected chi connectivity index (χ0v) is 18.8. The molecule has 6 nitrogen and oxygen atoms in total. The average molecular weight is 437 g/mol. The Kier molecular flexibility index (Phi) is 7.10. The van der Waals surface area contributed by atoms with Crippen molar-refractivity contribution < 1.29 is 19.1 Å². The van der Waals surface area contributed by atoms with Crippen LogP contribution in [-0.2, 0) is 20.7 Å². The normalized spacial score (nSPS) is 21.7. The summed E-state index contributed by atoms with van der Waals surface area (Å²) < 4.78 is 11.0. The van der Waals surface area contributed by atoms with Crippen LogP contribution in [-0.4, -0.2) is 48.8 Å². The van der Waals surface area contributed by atoms with Crippen molar-refractivity contribution >= 4 is 17.7 Å². The van der Waals surface area contributed by atoms with E-state index in [-0.39, 0.29) is 17.7 Å². The van der Waals surface area contributed by atoms with Crippen LogP contribution < -0.4 is 5.32 Å². The van der Waals surface area contributed by atoms with Crippen molar-refractivity contribution in [2.75, 3.05) is 31.6 Å². The highest BCUT2D eigenvalue weighted by Crippen LogP contribution is 2.36. The predicted molar refractivity (Wildman–Crippen MR) is 125 cm³/mol. The van der Waals surface area contributed by atoms with Crippen LogP contribution in [0.25, 0.3) is 11.1 Å². The van der Waals surface area contributed by atoms with Crippen LogP contribution >= 0.6 is 0 Å². The third-order valence-electron chi connectivity index (χ3n) is 6.52. The smallest absolute Gasteiger partial charge is 0.412 e. The van der Waals surface area contributed by atoms with Gasteiger partial charge in [0.05, 0.1) is 12.3 Å². The molecule has 3 heterocycles. The molecule has 3 fully saturated rings. The molecule has 3 aliphatic heterocycles. The van der Waals surface area contributed by atoms with Crippen LogP contribution in [0.3, 0.4) is 0 Å². The van der Waals surface area contributed by atoms with E-state index in [1.54, 1.807) is 0 Å². The highest BCUT2D eigenvalue weighted by molar-refractivity contribution is 5.92. The van der Waals surface area contributed by atoms with Crippen molar-refractivity contribution in [3.05, 3.63) is 54.1 Å². The van der Waals surface area contributed by atoms with Crippen LogP contribution in [0.4, 0.5) is 10.5 Å². The van der Waals surface area contributed by atoms with Crippen LogP contribution in [0.2, 0.25) is 0 Å². The van der Waals surface area contributed by atoms with Gasteiger partial charge in [-0.15, -0.1) is 0 Å². The van der Waals surface area contributed by atoms with Gasteiger partial charge >= 0.3 is 12.1 Å². The SMILES string of the molecule is CCOC(=O)CCCc1ccc(-c2ccccc2)c(NC(=O)OC23CCN(CC2)CC3)c1. The standard InChI is InChI=1S/C26H32N2O4/c1-2-31-24(29)10-6-7-20-11-12-22(21-8-4-3-5-9-21)23(19-20)27-25(30)32-26-13-16-28(17-14-26)18-15-26/h3-5,8-9,11-12,19H,2,6-7,10,13-18H2,1H3,(H,27,30). The fraction of sp³-hybridized carbons (Fsp3) is 0.462. The van der Waals surface area contributed by atoms with E-state index in [1.807, 2.05) is 49.4 Å². The summed E-state index contributed by atoms with van der Waals surface area (Å²) in [4.78, 5) is 27.0. The Bertz CT molecular complexity index is 922. The molecule has 0 atom stereocenters. The number of benzene rings is 2. The molecule has 1 amide bonds. The number of aryl methyl sites for hydroxylation is 1. The lowest BCUT2D eigenvalue weighted by atomic mass is 9.83. The molecule has 5 rings (SSSR count). The van der Waals surface area contributed by atoms with Crippen molar-refractivity contribution in [2.45, 2.75) is 51.0 Å². The maximum absolute atomic E-state index is 12.9. The Labute approximate surface area is 189 Å². The molecule has 0 aliphatic carbocycles. The predicted octanol–water partition coefficient (Wildman–Crippen LogP) is 5.03. The molecule has 170 valence electrons. The summed E-state index contributed by atoms with van der Waals surface area (Å²) in [5, 5.41) is 3.03. The van der Waals surface area contributed by atoms with Gasteiger partial charge in [-0.1, -0.05) is 42.5 Å². The molecule has 3 saturated heterocycles. The Morgan fingerprint density at radius 1 is 1.03 bits per heavy atom. The zero-order chi connectivity index (χ0) is 22.4. The fourth-order valence-electron chi connectivity index (χ4n) is 4.67. The summed E-state index contributed by atoms with van der Waals surface area (Å²) in [5.41, 5.74) is 3.45. The molecule has 3 aliphatic rings. The largest absolute Gasteiger partial charge is 0.466 e. The van der Waals surface area contributed by atoms with E-state index in [2.05, 4.69) is 16.3 Å². The zero-order valence-electron chi connectivity index (χ0n) is 18.8. The molecule has 2 bridgehead atoms. The maximum Gasteiger partial charge on any atom is 0.412 e. The second-order valence-corrected chi connectivity index (χ2v) is 8.69. The third-order valence-corrected chi connectivity index (χ3v) is 6.52. The van der Waals surface area contributed by atoms with Gasteiger partial charge in [-0.3, -0.25) is 10.1 Å². The quantitative estimate of drug-likeness (QED) is 0.588. The van der Waals surface area contributed by atoms with Gasteiger partial charge in [0, 0.05) is 50.9 Å². The lowest BCUT2D eigenvalue weighted by molar-refractivity contribution is -0.143. The first-order valence-electron chi connectivity index (χ1n) is 11.6. The molecule has 32 heavy (non-hydrogen) atoms. The molecule has 0 radical (unpaired) electrons. The van der Waals surface area contributed by atoms with Gasteiger partial charge in [-0.05, 0) is 37.0 Å². The number of carbonyl (C=O) groups excluding carboxylic acids is 2. The van der Waals surface area contributed by atoms with Crippen molar-refractivity contribution in [2.24, 2.45) is 0 Å². The monoisotopic (exact) mass is 436 g/mol. The number of rotatable bonds is 8. The first-order chi connectivity index (χ1) is 15.6.